The molecule has 0 aromatic heterocycles. The summed E-state index contributed by atoms with van der Waals surface area (Å²) in [6.07, 6.45) is 0. The maximum Gasteiger partial charge on any atom is 0.274 e. The zero-order chi connectivity index (χ0) is 14.0. The van der Waals surface area contributed by atoms with E-state index in [0.717, 1.165) is 22.9 Å². The van der Waals surface area contributed by atoms with Gasteiger partial charge in [0.2, 0.25) is 0 Å². The predicted octanol–water partition coefficient (Wildman–Crippen LogP) is 4.09. The van der Waals surface area contributed by atoms with Gasteiger partial charge in [-0.2, -0.15) is 0 Å². The van der Waals surface area contributed by atoms with E-state index < -0.39 is 10.7 Å². The summed E-state index contributed by atoms with van der Waals surface area (Å²) < 4.78 is 13.3. The molecule has 0 aliphatic heterocycles. The minimum absolute atomic E-state index is 0.271. The summed E-state index contributed by atoms with van der Waals surface area (Å²) in [5, 5.41) is 13.7. The number of benzene rings is 2. The summed E-state index contributed by atoms with van der Waals surface area (Å²) in [7, 11) is 0. The maximum atomic E-state index is 13.3. The summed E-state index contributed by atoms with van der Waals surface area (Å²) in [6, 6.07) is 9.20. The smallest absolute Gasteiger partial charge is 0.274 e. The van der Waals surface area contributed by atoms with E-state index in [1.54, 1.807) is 0 Å². The number of nitro benzene ring substituents is 1. The van der Waals surface area contributed by atoms with Crippen molar-refractivity contribution in [3.63, 3.8) is 0 Å². The van der Waals surface area contributed by atoms with Crippen LogP contribution in [0, 0.1) is 29.8 Å². The minimum atomic E-state index is -0.638. The van der Waals surface area contributed by atoms with Gasteiger partial charge in [0.1, 0.15) is 5.82 Å². The monoisotopic (exact) mass is 260 g/mol. The van der Waals surface area contributed by atoms with E-state index in [2.05, 4.69) is 5.32 Å². The first kappa shape index (κ1) is 13.0. The van der Waals surface area contributed by atoms with Gasteiger partial charge in [0.05, 0.1) is 11.0 Å². The van der Waals surface area contributed by atoms with Crippen molar-refractivity contribution in [3.8, 4) is 0 Å². The van der Waals surface area contributed by atoms with Gasteiger partial charge in [-0.25, -0.2) is 4.39 Å². The molecule has 0 aliphatic rings. The lowest BCUT2D eigenvalue weighted by atomic mass is 10.1. The SMILES string of the molecule is Cc1ccc(Nc2cc(F)cc([N+](=O)[O-])c2)c(C)c1. The second-order valence-electron chi connectivity index (χ2n) is 4.40. The summed E-state index contributed by atoms with van der Waals surface area (Å²) in [6.45, 7) is 3.90. The fourth-order valence-corrected chi connectivity index (χ4v) is 1.86. The van der Waals surface area contributed by atoms with E-state index in [0.29, 0.717) is 5.69 Å². The Bertz CT molecular complexity index is 641. The fourth-order valence-electron chi connectivity index (χ4n) is 1.86. The molecule has 0 unspecified atom stereocenters. The van der Waals surface area contributed by atoms with Gasteiger partial charge in [0.25, 0.3) is 5.69 Å². The van der Waals surface area contributed by atoms with E-state index in [1.807, 2.05) is 32.0 Å². The van der Waals surface area contributed by atoms with Crippen LogP contribution >= 0.6 is 0 Å². The zero-order valence-corrected chi connectivity index (χ0v) is 10.6. The first-order valence-corrected chi connectivity index (χ1v) is 5.75. The molecular weight excluding hydrogens is 247 g/mol. The average molecular weight is 260 g/mol. The number of non-ortho nitro benzene ring substituents is 1. The number of hydrogen-bond acceptors (Lipinski definition) is 3. The van der Waals surface area contributed by atoms with Crippen LogP contribution < -0.4 is 5.32 Å². The van der Waals surface area contributed by atoms with Gasteiger partial charge in [-0.1, -0.05) is 17.7 Å². The highest BCUT2D eigenvalue weighted by Crippen LogP contribution is 2.25. The van der Waals surface area contributed by atoms with Crippen LogP contribution in [0.15, 0.2) is 36.4 Å². The molecule has 2 aromatic carbocycles. The molecule has 5 heteroatoms. The van der Waals surface area contributed by atoms with Gasteiger partial charge in [0, 0.05) is 17.4 Å². The second-order valence-corrected chi connectivity index (χ2v) is 4.40. The van der Waals surface area contributed by atoms with Crippen LogP contribution in [0.1, 0.15) is 11.1 Å². The van der Waals surface area contributed by atoms with Gasteiger partial charge in [-0.15, -0.1) is 0 Å². The van der Waals surface area contributed by atoms with Crippen molar-refractivity contribution >= 4 is 17.1 Å². The standard InChI is InChI=1S/C14H13FN2O2/c1-9-3-4-14(10(2)5-9)16-12-6-11(15)7-13(8-12)17(18)19/h3-8,16H,1-2H3. The van der Waals surface area contributed by atoms with E-state index in [1.165, 1.54) is 12.1 Å². The molecule has 0 fully saturated rings. The molecule has 19 heavy (non-hydrogen) atoms. The third-order valence-electron chi connectivity index (χ3n) is 2.75. The highest BCUT2D eigenvalue weighted by Gasteiger charge is 2.10. The molecule has 2 aromatic rings. The minimum Gasteiger partial charge on any atom is -0.355 e. The Hall–Kier alpha value is -2.43. The van der Waals surface area contributed by atoms with Crippen molar-refractivity contribution in [3.05, 3.63) is 63.5 Å². The molecule has 0 amide bonds. The summed E-state index contributed by atoms with van der Waals surface area (Å²) in [4.78, 5) is 10.1. The van der Waals surface area contributed by atoms with Crippen LogP contribution in [-0.4, -0.2) is 4.92 Å². The van der Waals surface area contributed by atoms with Crippen LogP contribution in [0.25, 0.3) is 0 Å². The summed E-state index contributed by atoms with van der Waals surface area (Å²) in [5.41, 5.74) is 3.00. The predicted molar refractivity (Wildman–Crippen MR) is 72.3 cm³/mol. The highest BCUT2D eigenvalue weighted by atomic mass is 19.1. The first-order valence-electron chi connectivity index (χ1n) is 5.75. The van der Waals surface area contributed by atoms with Gasteiger partial charge in [-0.3, -0.25) is 10.1 Å². The molecule has 2 rings (SSSR count). The van der Waals surface area contributed by atoms with Crippen LogP contribution in [0.3, 0.4) is 0 Å². The molecule has 0 radical (unpaired) electrons. The molecule has 0 spiro atoms. The molecule has 4 nitrogen and oxygen atoms in total. The summed E-state index contributed by atoms with van der Waals surface area (Å²) in [5.74, 6) is -0.638. The van der Waals surface area contributed by atoms with Crippen molar-refractivity contribution in [2.45, 2.75) is 13.8 Å². The number of rotatable bonds is 3. The maximum absolute atomic E-state index is 13.3. The van der Waals surface area contributed by atoms with Crippen LogP contribution in [0.5, 0.6) is 0 Å². The second kappa shape index (κ2) is 5.06. The summed E-state index contributed by atoms with van der Waals surface area (Å²) >= 11 is 0. The average Bonchev–Trinajstić information content (AvgIpc) is 2.32. The normalized spacial score (nSPS) is 10.3. The Kier molecular flexibility index (Phi) is 3.46. The zero-order valence-electron chi connectivity index (χ0n) is 10.6. The molecule has 98 valence electrons. The molecule has 0 atom stereocenters. The number of nitro groups is 1. The Morgan fingerprint density at radius 3 is 2.53 bits per heavy atom. The van der Waals surface area contributed by atoms with Crippen LogP contribution in [0.4, 0.5) is 21.5 Å². The van der Waals surface area contributed by atoms with E-state index in [9.17, 15) is 14.5 Å². The third-order valence-corrected chi connectivity index (χ3v) is 2.75. The molecule has 0 heterocycles. The number of nitrogens with one attached hydrogen (secondary N) is 1. The van der Waals surface area contributed by atoms with Crippen LogP contribution in [-0.2, 0) is 0 Å². The van der Waals surface area contributed by atoms with Crippen molar-refractivity contribution in [2.75, 3.05) is 5.32 Å². The van der Waals surface area contributed by atoms with Crippen molar-refractivity contribution in [2.24, 2.45) is 0 Å². The number of aryl methyl sites for hydroxylation is 2. The Labute approximate surface area is 110 Å². The highest BCUT2D eigenvalue weighted by molar-refractivity contribution is 5.65. The van der Waals surface area contributed by atoms with Crippen LogP contribution in [0.2, 0.25) is 0 Å². The largest absolute Gasteiger partial charge is 0.355 e. The van der Waals surface area contributed by atoms with Crippen molar-refractivity contribution in [1.29, 1.82) is 0 Å². The molecule has 0 saturated carbocycles. The first-order chi connectivity index (χ1) is 8.95. The van der Waals surface area contributed by atoms with E-state index in [-0.39, 0.29) is 5.69 Å². The Morgan fingerprint density at radius 1 is 1.16 bits per heavy atom. The lowest BCUT2D eigenvalue weighted by molar-refractivity contribution is -0.385. The number of nitrogens with zero attached hydrogens (tertiary/aromatic N) is 1. The van der Waals surface area contributed by atoms with Crippen molar-refractivity contribution in [1.82, 2.24) is 0 Å². The Morgan fingerprint density at radius 2 is 1.89 bits per heavy atom. The molecule has 0 aliphatic carbocycles. The molecule has 0 saturated heterocycles. The number of anilines is 2. The fraction of sp³-hybridized carbons (Fsp3) is 0.143. The third kappa shape index (κ3) is 3.07. The van der Waals surface area contributed by atoms with Gasteiger partial charge < -0.3 is 5.32 Å². The Balaban J connectivity index is 2.35. The number of halogens is 1. The number of hydrogen-bond donors (Lipinski definition) is 1. The molecule has 0 bridgehead atoms. The molecular formula is C14H13FN2O2. The lowest BCUT2D eigenvalue weighted by Crippen LogP contribution is -1.96. The molecule has 1 N–H and O–H groups in total. The quantitative estimate of drug-likeness (QED) is 0.667. The van der Waals surface area contributed by atoms with E-state index >= 15 is 0 Å². The van der Waals surface area contributed by atoms with E-state index in [4.69, 9.17) is 0 Å². The van der Waals surface area contributed by atoms with Gasteiger partial charge >= 0.3 is 0 Å². The van der Waals surface area contributed by atoms with Gasteiger partial charge in [0.15, 0.2) is 0 Å². The lowest BCUT2D eigenvalue weighted by Gasteiger charge is -2.10. The van der Waals surface area contributed by atoms with Crippen molar-refractivity contribution < 1.29 is 9.31 Å². The van der Waals surface area contributed by atoms with Gasteiger partial charge in [-0.05, 0) is 31.5 Å². The topological polar surface area (TPSA) is 55.2 Å².